The summed E-state index contributed by atoms with van der Waals surface area (Å²) in [5.41, 5.74) is 11.4. The Hall–Kier alpha value is -0.451. The van der Waals surface area contributed by atoms with Gasteiger partial charge in [0, 0.05) is 22.6 Å². The normalized spacial score (nSPS) is 10.0. The molecular weight excluding hydrogens is 271 g/mol. The van der Waals surface area contributed by atoms with Crippen LogP contribution in [-0.4, -0.2) is 12.2 Å². The number of benzene rings is 1. The summed E-state index contributed by atoms with van der Waals surface area (Å²) < 4.78 is 5.05. The van der Waals surface area contributed by atoms with Gasteiger partial charge in [-0.05, 0) is 12.5 Å². The second-order valence-electron chi connectivity index (χ2n) is 3.25. The van der Waals surface area contributed by atoms with Crippen LogP contribution in [-0.2, 0) is 22.7 Å². The molecule has 0 aliphatic heterocycles. The minimum atomic E-state index is -0.968. The van der Waals surface area contributed by atoms with E-state index in [-0.39, 0.29) is 35.2 Å². The van der Waals surface area contributed by atoms with Crippen molar-refractivity contribution in [2.24, 2.45) is 11.5 Å². The Balaban J connectivity index is 0. The van der Waals surface area contributed by atoms with Gasteiger partial charge in [0.05, 0.1) is 12.8 Å². The van der Waals surface area contributed by atoms with E-state index in [0.29, 0.717) is 17.7 Å². The van der Waals surface area contributed by atoms with E-state index in [1.54, 1.807) is 12.1 Å². The van der Waals surface area contributed by atoms with Crippen LogP contribution in [0.4, 0.5) is 0 Å². The quantitative estimate of drug-likeness (QED) is 0.578. The van der Waals surface area contributed by atoms with E-state index in [4.69, 9.17) is 16.2 Å². The summed E-state index contributed by atoms with van der Waals surface area (Å²) in [6.07, 6.45) is 0.562. The first kappa shape index (κ1) is 17.9. The van der Waals surface area contributed by atoms with Gasteiger partial charge in [0.15, 0.2) is 11.5 Å². The molecule has 16 heavy (non-hydrogen) atoms. The van der Waals surface area contributed by atoms with Crippen LogP contribution in [0, 0.1) is 0 Å². The monoisotopic (exact) mass is 287 g/mol. The van der Waals surface area contributed by atoms with E-state index in [1.165, 1.54) is 13.2 Å². The van der Waals surface area contributed by atoms with Gasteiger partial charge in [-0.2, -0.15) is 0 Å². The van der Waals surface area contributed by atoms with Crippen LogP contribution < -0.4 is 16.2 Å². The van der Waals surface area contributed by atoms with Crippen LogP contribution in [0.1, 0.15) is 18.9 Å². The number of aromatic hydroxyl groups is 1. The second-order valence-corrected chi connectivity index (χ2v) is 3.25. The predicted molar refractivity (Wildman–Crippen MR) is 62.3 cm³/mol. The fourth-order valence-corrected chi connectivity index (χ4v) is 1.30. The molecular formula is C10H17ClMnN2O2. The molecule has 6 heteroatoms. The van der Waals surface area contributed by atoms with Gasteiger partial charge in [0.25, 0.3) is 0 Å². The molecule has 0 saturated carbocycles. The molecule has 4 nitrogen and oxygen atoms in total. The minimum absolute atomic E-state index is 0. The number of halogens is 1. The molecule has 0 fully saturated rings. The summed E-state index contributed by atoms with van der Waals surface area (Å²) in [5.74, 6) is 0.401. The molecule has 0 heterocycles. The maximum atomic E-state index is 9.51. The molecule has 0 amide bonds. The van der Waals surface area contributed by atoms with Crippen molar-refractivity contribution in [3.05, 3.63) is 23.8 Å². The minimum Gasteiger partial charge on any atom is -0.504 e. The third-order valence-electron chi connectivity index (χ3n) is 2.28. The van der Waals surface area contributed by atoms with Crippen LogP contribution in [0.5, 0.6) is 11.5 Å². The summed E-state index contributed by atoms with van der Waals surface area (Å²) in [5, 5.41) is 9.51. The Morgan fingerprint density at radius 1 is 1.38 bits per heavy atom. The number of phenolic OH excluding ortho intramolecular Hbond substituents is 1. The molecule has 0 unspecified atom stereocenters. The maximum absolute atomic E-state index is 9.51. The number of nitrogens with two attached hydrogens (primary N) is 2. The van der Waals surface area contributed by atoms with Gasteiger partial charge in [-0.15, -0.1) is 12.4 Å². The van der Waals surface area contributed by atoms with Crippen LogP contribution in [0.2, 0.25) is 0 Å². The van der Waals surface area contributed by atoms with Crippen molar-refractivity contribution < 1.29 is 26.9 Å². The van der Waals surface area contributed by atoms with Crippen LogP contribution in [0.3, 0.4) is 0 Å². The molecule has 1 aromatic carbocycles. The summed E-state index contributed by atoms with van der Waals surface area (Å²) in [4.78, 5) is 0. The standard InChI is InChI=1S/C10H16N2O2.ClH.Mn/c1-3-10(11,12)7-5-4-6-8(13)9(7)14-2;;/h4-6,13H,3,11-12H2,1-2H3;1H;. The second kappa shape index (κ2) is 6.99. The van der Waals surface area contributed by atoms with Gasteiger partial charge in [0.1, 0.15) is 0 Å². The van der Waals surface area contributed by atoms with E-state index in [9.17, 15) is 5.11 Å². The topological polar surface area (TPSA) is 81.5 Å². The molecule has 0 aliphatic carbocycles. The van der Waals surface area contributed by atoms with Gasteiger partial charge in [-0.25, -0.2) is 0 Å². The Morgan fingerprint density at radius 2 is 1.94 bits per heavy atom. The molecule has 0 aromatic heterocycles. The molecule has 93 valence electrons. The number of hydrogen-bond donors (Lipinski definition) is 3. The first-order valence-electron chi connectivity index (χ1n) is 4.47. The third-order valence-corrected chi connectivity index (χ3v) is 2.28. The molecule has 1 rings (SSSR count). The number of hydrogen-bond acceptors (Lipinski definition) is 4. The molecule has 5 N–H and O–H groups in total. The summed E-state index contributed by atoms with van der Waals surface area (Å²) >= 11 is 0. The molecule has 1 radical (unpaired) electrons. The average molecular weight is 288 g/mol. The molecule has 0 atom stereocenters. The van der Waals surface area contributed by atoms with Crippen molar-refractivity contribution in [3.63, 3.8) is 0 Å². The van der Waals surface area contributed by atoms with Crippen molar-refractivity contribution in [1.82, 2.24) is 0 Å². The van der Waals surface area contributed by atoms with Crippen molar-refractivity contribution in [3.8, 4) is 11.5 Å². The van der Waals surface area contributed by atoms with Crippen molar-refractivity contribution in [2.75, 3.05) is 7.11 Å². The number of ether oxygens (including phenoxy) is 1. The van der Waals surface area contributed by atoms with Crippen molar-refractivity contribution in [2.45, 2.75) is 19.0 Å². The number of methoxy groups -OCH3 is 1. The van der Waals surface area contributed by atoms with Gasteiger partial charge in [-0.1, -0.05) is 19.1 Å². The Bertz CT molecular complexity index is 335. The summed E-state index contributed by atoms with van der Waals surface area (Å²) in [6, 6.07) is 4.98. The van der Waals surface area contributed by atoms with Crippen molar-refractivity contribution >= 4 is 12.4 Å². The smallest absolute Gasteiger partial charge is 0.166 e. The molecule has 0 bridgehead atoms. The Labute approximate surface area is 112 Å². The fourth-order valence-electron chi connectivity index (χ4n) is 1.30. The van der Waals surface area contributed by atoms with E-state index >= 15 is 0 Å². The van der Waals surface area contributed by atoms with Crippen LogP contribution >= 0.6 is 12.4 Å². The predicted octanol–water partition coefficient (Wildman–Crippen LogP) is 1.30. The maximum Gasteiger partial charge on any atom is 0.166 e. The van der Waals surface area contributed by atoms with Gasteiger partial charge < -0.3 is 21.3 Å². The molecule has 1 aromatic rings. The van der Waals surface area contributed by atoms with Gasteiger partial charge >= 0.3 is 0 Å². The Kier molecular flexibility index (Phi) is 7.83. The van der Waals surface area contributed by atoms with E-state index in [1.807, 2.05) is 6.92 Å². The number of rotatable bonds is 3. The SMILES string of the molecule is CCC(N)(N)c1cccc(O)c1OC.Cl.[Mn]. The van der Waals surface area contributed by atoms with E-state index in [2.05, 4.69) is 0 Å². The zero-order valence-corrected chi connectivity index (χ0v) is 11.2. The summed E-state index contributed by atoms with van der Waals surface area (Å²) in [6.45, 7) is 1.88. The first-order chi connectivity index (χ1) is 6.53. The summed E-state index contributed by atoms with van der Waals surface area (Å²) in [7, 11) is 1.48. The van der Waals surface area contributed by atoms with Crippen molar-refractivity contribution in [1.29, 1.82) is 0 Å². The molecule has 0 saturated heterocycles. The molecule has 0 spiro atoms. The largest absolute Gasteiger partial charge is 0.504 e. The van der Waals surface area contributed by atoms with Crippen LogP contribution in [0.25, 0.3) is 0 Å². The zero-order chi connectivity index (χ0) is 10.8. The van der Waals surface area contributed by atoms with E-state index in [0.717, 1.165) is 0 Å². The fraction of sp³-hybridized carbons (Fsp3) is 0.400. The van der Waals surface area contributed by atoms with Crippen LogP contribution in [0.15, 0.2) is 18.2 Å². The number of para-hydroxylation sites is 1. The zero-order valence-electron chi connectivity index (χ0n) is 9.24. The third kappa shape index (κ3) is 3.54. The van der Waals surface area contributed by atoms with Gasteiger partial charge in [0.2, 0.25) is 0 Å². The number of phenols is 1. The van der Waals surface area contributed by atoms with Gasteiger partial charge in [-0.3, -0.25) is 0 Å². The Morgan fingerprint density at radius 3 is 2.38 bits per heavy atom. The average Bonchev–Trinajstić information content (AvgIpc) is 2.17. The van der Waals surface area contributed by atoms with E-state index < -0.39 is 5.66 Å². The first-order valence-corrected chi connectivity index (χ1v) is 4.47. The molecule has 0 aliphatic rings.